The smallest absolute Gasteiger partial charge is 0.262 e. The topological polar surface area (TPSA) is 64.4 Å². The Morgan fingerprint density at radius 1 is 1.03 bits per heavy atom. The fourth-order valence-electron chi connectivity index (χ4n) is 3.06. The predicted octanol–water partition coefficient (Wildman–Crippen LogP) is 5.82. The summed E-state index contributed by atoms with van der Waals surface area (Å²) >= 11 is 3.37. The highest BCUT2D eigenvalue weighted by Gasteiger charge is 2.09. The molecule has 3 aromatic carbocycles. The molecular weight excluding hydrogens is 444 g/mol. The molecule has 0 radical (unpaired) electrons. The molecule has 0 bridgehead atoms. The molecular formula is C24H21BrN2O3. The summed E-state index contributed by atoms with van der Waals surface area (Å²) in [6, 6.07) is 19.1. The van der Waals surface area contributed by atoms with E-state index in [4.69, 9.17) is 9.15 Å². The zero-order valence-corrected chi connectivity index (χ0v) is 18.3. The molecule has 0 fully saturated rings. The Bertz CT molecular complexity index is 1140. The van der Waals surface area contributed by atoms with Gasteiger partial charge in [0.2, 0.25) is 0 Å². The number of anilines is 1. The van der Waals surface area contributed by atoms with Gasteiger partial charge in [-0.25, -0.2) is 4.98 Å². The fourth-order valence-corrected chi connectivity index (χ4v) is 3.32. The van der Waals surface area contributed by atoms with Crippen molar-refractivity contribution >= 4 is 38.6 Å². The summed E-state index contributed by atoms with van der Waals surface area (Å²) in [6.45, 7) is 4.08. The number of hydrogen-bond donors (Lipinski definition) is 1. The van der Waals surface area contributed by atoms with Crippen LogP contribution in [0.2, 0.25) is 0 Å². The summed E-state index contributed by atoms with van der Waals surface area (Å²) in [5, 5.41) is 2.84. The maximum Gasteiger partial charge on any atom is 0.262 e. The van der Waals surface area contributed by atoms with Gasteiger partial charge in [0.15, 0.2) is 18.1 Å². The van der Waals surface area contributed by atoms with Crippen LogP contribution in [0.15, 0.2) is 69.6 Å². The lowest BCUT2D eigenvalue weighted by atomic mass is 10.1. The van der Waals surface area contributed by atoms with Crippen molar-refractivity contribution in [2.45, 2.75) is 20.3 Å². The number of benzene rings is 3. The van der Waals surface area contributed by atoms with E-state index in [1.807, 2.05) is 48.5 Å². The summed E-state index contributed by atoms with van der Waals surface area (Å²) in [5.74, 6) is 1.11. The number of hydrogen-bond acceptors (Lipinski definition) is 4. The third kappa shape index (κ3) is 4.89. The number of oxazole rings is 1. The molecule has 1 N–H and O–H groups in total. The van der Waals surface area contributed by atoms with E-state index in [0.29, 0.717) is 23.7 Å². The van der Waals surface area contributed by atoms with Crippen LogP contribution in [-0.4, -0.2) is 17.5 Å². The highest BCUT2D eigenvalue weighted by atomic mass is 79.9. The second-order valence-corrected chi connectivity index (χ2v) is 8.09. The molecule has 4 rings (SSSR count). The number of nitrogens with one attached hydrogen (secondary N) is 1. The summed E-state index contributed by atoms with van der Waals surface area (Å²) in [5.41, 5.74) is 5.84. The molecule has 152 valence electrons. The van der Waals surface area contributed by atoms with Crippen molar-refractivity contribution < 1.29 is 13.9 Å². The van der Waals surface area contributed by atoms with E-state index >= 15 is 0 Å². The number of nitrogens with zero attached hydrogens (tertiary/aromatic N) is 1. The lowest BCUT2D eigenvalue weighted by molar-refractivity contribution is -0.118. The Labute approximate surface area is 183 Å². The molecule has 0 spiro atoms. The van der Waals surface area contributed by atoms with Gasteiger partial charge in [-0.15, -0.1) is 0 Å². The fraction of sp³-hybridized carbons (Fsp3) is 0.167. The second kappa shape index (κ2) is 8.71. The van der Waals surface area contributed by atoms with Gasteiger partial charge in [0.05, 0.1) is 0 Å². The highest BCUT2D eigenvalue weighted by Crippen LogP contribution is 2.22. The molecule has 0 unspecified atom stereocenters. The largest absolute Gasteiger partial charge is 0.484 e. The van der Waals surface area contributed by atoms with E-state index in [0.717, 1.165) is 21.1 Å². The maximum atomic E-state index is 12.1. The summed E-state index contributed by atoms with van der Waals surface area (Å²) in [4.78, 5) is 16.7. The van der Waals surface area contributed by atoms with Gasteiger partial charge in [-0.1, -0.05) is 28.1 Å². The Morgan fingerprint density at radius 2 is 1.73 bits per heavy atom. The number of halogens is 1. The first-order chi connectivity index (χ1) is 14.5. The van der Waals surface area contributed by atoms with E-state index in [2.05, 4.69) is 40.1 Å². The van der Waals surface area contributed by atoms with Gasteiger partial charge >= 0.3 is 0 Å². The Hall–Kier alpha value is -3.12. The minimum atomic E-state index is -0.213. The van der Waals surface area contributed by atoms with Gasteiger partial charge in [0.25, 0.3) is 5.91 Å². The van der Waals surface area contributed by atoms with Crippen LogP contribution in [0.25, 0.3) is 11.1 Å². The number of aryl methyl sites for hydroxylation is 2. The quantitative estimate of drug-likeness (QED) is 0.390. The molecule has 1 aromatic heterocycles. The summed E-state index contributed by atoms with van der Waals surface area (Å²) in [7, 11) is 0. The van der Waals surface area contributed by atoms with Crippen molar-refractivity contribution in [3.8, 4) is 5.75 Å². The maximum absolute atomic E-state index is 12.1. The summed E-state index contributed by atoms with van der Waals surface area (Å²) in [6.07, 6.45) is 0.591. The van der Waals surface area contributed by atoms with Crippen LogP contribution < -0.4 is 10.1 Å². The number of fused-ring (bicyclic) bond motifs is 1. The van der Waals surface area contributed by atoms with E-state index in [-0.39, 0.29) is 12.5 Å². The predicted molar refractivity (Wildman–Crippen MR) is 121 cm³/mol. The average Bonchev–Trinajstić information content (AvgIpc) is 3.10. The minimum Gasteiger partial charge on any atom is -0.484 e. The van der Waals surface area contributed by atoms with Gasteiger partial charge in [0.1, 0.15) is 11.3 Å². The summed E-state index contributed by atoms with van der Waals surface area (Å²) < 4.78 is 12.3. The first kappa shape index (κ1) is 20.2. The van der Waals surface area contributed by atoms with Crippen LogP contribution >= 0.6 is 15.9 Å². The minimum absolute atomic E-state index is 0.0505. The highest BCUT2D eigenvalue weighted by molar-refractivity contribution is 9.10. The zero-order chi connectivity index (χ0) is 21.1. The molecule has 1 heterocycles. The molecule has 4 aromatic rings. The van der Waals surface area contributed by atoms with Crippen molar-refractivity contribution in [2.24, 2.45) is 0 Å². The molecule has 0 saturated heterocycles. The van der Waals surface area contributed by atoms with E-state index in [1.165, 1.54) is 11.1 Å². The molecule has 6 heteroatoms. The van der Waals surface area contributed by atoms with Crippen molar-refractivity contribution in [3.05, 3.63) is 87.7 Å². The Morgan fingerprint density at radius 3 is 2.47 bits per heavy atom. The van der Waals surface area contributed by atoms with Gasteiger partial charge in [-0.3, -0.25) is 4.79 Å². The number of ether oxygens (including phenoxy) is 1. The van der Waals surface area contributed by atoms with Crippen molar-refractivity contribution in [1.29, 1.82) is 0 Å². The third-order valence-electron chi connectivity index (χ3n) is 4.82. The molecule has 5 nitrogen and oxygen atoms in total. The molecule has 0 aliphatic carbocycles. The first-order valence-corrected chi connectivity index (χ1v) is 10.4. The molecule has 0 atom stereocenters. The Kier molecular flexibility index (Phi) is 5.86. The molecule has 0 aliphatic rings. The second-order valence-electron chi connectivity index (χ2n) is 7.18. The number of rotatable bonds is 6. The van der Waals surface area contributed by atoms with Crippen LogP contribution in [0.4, 0.5) is 5.69 Å². The van der Waals surface area contributed by atoms with Gasteiger partial charge in [-0.2, -0.15) is 0 Å². The van der Waals surface area contributed by atoms with Gasteiger partial charge < -0.3 is 14.5 Å². The van der Waals surface area contributed by atoms with Crippen molar-refractivity contribution in [2.75, 3.05) is 11.9 Å². The molecule has 1 amide bonds. The van der Waals surface area contributed by atoms with E-state index < -0.39 is 0 Å². The van der Waals surface area contributed by atoms with Crippen LogP contribution in [0.5, 0.6) is 5.75 Å². The van der Waals surface area contributed by atoms with Crippen molar-refractivity contribution in [3.63, 3.8) is 0 Å². The lowest BCUT2D eigenvalue weighted by Crippen LogP contribution is -2.20. The average molecular weight is 465 g/mol. The SMILES string of the molecule is Cc1cc2nc(Cc3ccc(NC(=O)COc4ccc(Br)cc4)cc3)oc2cc1C. The third-order valence-corrected chi connectivity index (χ3v) is 5.35. The van der Waals surface area contributed by atoms with Gasteiger partial charge in [0, 0.05) is 16.6 Å². The monoisotopic (exact) mass is 464 g/mol. The van der Waals surface area contributed by atoms with Crippen LogP contribution in [0.1, 0.15) is 22.6 Å². The Balaban J connectivity index is 1.34. The van der Waals surface area contributed by atoms with Gasteiger partial charge in [-0.05, 0) is 79.1 Å². The standard InChI is InChI=1S/C24H21BrN2O3/c1-15-11-21-22(12-16(15)2)30-24(27-21)13-17-3-7-19(8-4-17)26-23(28)14-29-20-9-5-18(25)6-10-20/h3-12H,13-14H2,1-2H3,(H,26,28). The van der Waals surface area contributed by atoms with Crippen LogP contribution in [0.3, 0.4) is 0 Å². The van der Waals surface area contributed by atoms with Crippen LogP contribution in [0, 0.1) is 13.8 Å². The first-order valence-electron chi connectivity index (χ1n) is 9.60. The van der Waals surface area contributed by atoms with Crippen molar-refractivity contribution in [1.82, 2.24) is 4.98 Å². The number of carbonyl (C=O) groups excluding carboxylic acids is 1. The zero-order valence-electron chi connectivity index (χ0n) is 16.7. The lowest BCUT2D eigenvalue weighted by Gasteiger charge is -2.08. The molecule has 30 heavy (non-hydrogen) atoms. The van der Waals surface area contributed by atoms with Crippen LogP contribution in [-0.2, 0) is 11.2 Å². The number of amides is 1. The molecule has 0 aliphatic heterocycles. The van der Waals surface area contributed by atoms with E-state index in [9.17, 15) is 4.79 Å². The normalized spacial score (nSPS) is 10.9. The number of carbonyl (C=O) groups is 1. The number of aromatic nitrogens is 1. The molecule has 0 saturated carbocycles. The van der Waals surface area contributed by atoms with E-state index in [1.54, 1.807) is 12.1 Å².